The molecule has 0 aliphatic heterocycles. The van der Waals surface area contributed by atoms with Gasteiger partial charge in [0.2, 0.25) is 0 Å². The van der Waals surface area contributed by atoms with E-state index in [1.165, 1.54) is 25.1 Å². The molecule has 0 aliphatic rings. The number of hydrogen-bond donors (Lipinski definition) is 1. The summed E-state index contributed by atoms with van der Waals surface area (Å²) in [6.45, 7) is 5.83. The van der Waals surface area contributed by atoms with E-state index in [1.54, 1.807) is 10.9 Å². The summed E-state index contributed by atoms with van der Waals surface area (Å²) in [5, 5.41) is 3.37. The van der Waals surface area contributed by atoms with Gasteiger partial charge in [0.1, 0.15) is 0 Å². The molecule has 4 heteroatoms. The fourth-order valence-electron chi connectivity index (χ4n) is 1.51. The Morgan fingerprint density at radius 2 is 2.40 bits per heavy atom. The fraction of sp³-hybridized carbons (Fsp3) is 0.636. The lowest BCUT2D eigenvalue weighted by atomic mass is 10.2. The predicted molar refractivity (Wildman–Crippen MR) is 60.9 cm³/mol. The molecule has 1 aromatic rings. The van der Waals surface area contributed by atoms with E-state index in [0.29, 0.717) is 12.6 Å². The Morgan fingerprint density at radius 3 is 3.07 bits per heavy atom. The van der Waals surface area contributed by atoms with Crippen LogP contribution in [0.2, 0.25) is 0 Å². The summed E-state index contributed by atoms with van der Waals surface area (Å²) in [4.78, 5) is 15.2. The van der Waals surface area contributed by atoms with Crippen LogP contribution in [0, 0.1) is 0 Å². The Balaban J connectivity index is 2.32. The minimum Gasteiger partial charge on any atom is -0.312 e. The SMILES string of the molecule is CCCC(C)NCCn1cnccc1=O. The predicted octanol–water partition coefficient (Wildman–Crippen LogP) is 1.02. The van der Waals surface area contributed by atoms with Crippen LogP contribution in [0.25, 0.3) is 0 Å². The topological polar surface area (TPSA) is 46.9 Å². The Kier molecular flexibility index (Phi) is 5.04. The Morgan fingerprint density at radius 1 is 1.60 bits per heavy atom. The second-order valence-corrected chi connectivity index (χ2v) is 3.76. The number of nitrogens with one attached hydrogen (secondary N) is 1. The van der Waals surface area contributed by atoms with Gasteiger partial charge in [-0.2, -0.15) is 0 Å². The molecule has 1 aromatic heterocycles. The highest BCUT2D eigenvalue weighted by Gasteiger charge is 1.99. The van der Waals surface area contributed by atoms with Gasteiger partial charge in [-0.05, 0) is 13.3 Å². The molecule has 0 saturated heterocycles. The van der Waals surface area contributed by atoms with Crippen LogP contribution in [0.4, 0.5) is 0 Å². The van der Waals surface area contributed by atoms with Gasteiger partial charge in [-0.3, -0.25) is 9.36 Å². The van der Waals surface area contributed by atoms with E-state index in [-0.39, 0.29) is 5.56 Å². The van der Waals surface area contributed by atoms with Crippen molar-refractivity contribution in [2.24, 2.45) is 0 Å². The number of hydrogen-bond acceptors (Lipinski definition) is 3. The number of rotatable bonds is 6. The van der Waals surface area contributed by atoms with Gasteiger partial charge >= 0.3 is 0 Å². The standard InChI is InChI=1S/C11H19N3O/c1-3-4-10(2)13-7-8-14-9-12-6-5-11(14)15/h5-6,9-10,13H,3-4,7-8H2,1-2H3. The highest BCUT2D eigenvalue weighted by Crippen LogP contribution is 1.93. The van der Waals surface area contributed by atoms with Crippen molar-refractivity contribution >= 4 is 0 Å². The molecule has 0 bridgehead atoms. The molecule has 0 spiro atoms. The van der Waals surface area contributed by atoms with Crippen molar-refractivity contribution in [3.05, 3.63) is 28.9 Å². The lowest BCUT2D eigenvalue weighted by Gasteiger charge is -2.12. The third-order valence-electron chi connectivity index (χ3n) is 2.36. The molecule has 1 atom stereocenters. The average molecular weight is 209 g/mol. The minimum atomic E-state index is 0.00921. The Labute approximate surface area is 90.3 Å². The monoisotopic (exact) mass is 209 g/mol. The van der Waals surface area contributed by atoms with Crippen molar-refractivity contribution in [3.63, 3.8) is 0 Å². The molecule has 0 aliphatic carbocycles. The smallest absolute Gasteiger partial charge is 0.253 e. The van der Waals surface area contributed by atoms with E-state index in [1.807, 2.05) is 0 Å². The third-order valence-corrected chi connectivity index (χ3v) is 2.36. The molecule has 84 valence electrons. The summed E-state index contributed by atoms with van der Waals surface area (Å²) in [5.41, 5.74) is 0.00921. The van der Waals surface area contributed by atoms with Crippen molar-refractivity contribution in [2.75, 3.05) is 6.54 Å². The van der Waals surface area contributed by atoms with Gasteiger partial charge in [0.05, 0.1) is 6.33 Å². The third kappa shape index (κ3) is 4.25. The zero-order valence-corrected chi connectivity index (χ0v) is 9.44. The summed E-state index contributed by atoms with van der Waals surface area (Å²) in [6, 6.07) is 2.00. The second kappa shape index (κ2) is 6.35. The highest BCUT2D eigenvalue weighted by molar-refractivity contribution is 4.82. The van der Waals surface area contributed by atoms with Gasteiger partial charge in [0, 0.05) is 31.4 Å². The van der Waals surface area contributed by atoms with Crippen molar-refractivity contribution in [3.8, 4) is 0 Å². The minimum absolute atomic E-state index is 0.00921. The Hall–Kier alpha value is -1.16. The van der Waals surface area contributed by atoms with E-state index in [4.69, 9.17) is 0 Å². The van der Waals surface area contributed by atoms with Crippen LogP contribution in [0.3, 0.4) is 0 Å². The normalized spacial score (nSPS) is 12.7. The van der Waals surface area contributed by atoms with Crippen LogP contribution in [0.1, 0.15) is 26.7 Å². The van der Waals surface area contributed by atoms with Crippen molar-refractivity contribution in [1.82, 2.24) is 14.9 Å². The summed E-state index contributed by atoms with van der Waals surface area (Å²) in [7, 11) is 0. The summed E-state index contributed by atoms with van der Waals surface area (Å²) in [5.74, 6) is 0. The molecule has 1 unspecified atom stereocenters. The second-order valence-electron chi connectivity index (χ2n) is 3.76. The summed E-state index contributed by atoms with van der Waals surface area (Å²) < 4.78 is 1.62. The zero-order valence-electron chi connectivity index (χ0n) is 9.44. The number of nitrogens with zero attached hydrogens (tertiary/aromatic N) is 2. The summed E-state index contributed by atoms with van der Waals surface area (Å²) in [6.07, 6.45) is 5.45. The molecular formula is C11H19N3O. The van der Waals surface area contributed by atoms with Crippen LogP contribution in [-0.4, -0.2) is 22.1 Å². The van der Waals surface area contributed by atoms with E-state index in [0.717, 1.165) is 6.54 Å². The maximum Gasteiger partial charge on any atom is 0.253 e. The summed E-state index contributed by atoms with van der Waals surface area (Å²) >= 11 is 0. The Bertz CT molecular complexity index is 335. The quantitative estimate of drug-likeness (QED) is 0.761. The largest absolute Gasteiger partial charge is 0.312 e. The van der Waals surface area contributed by atoms with E-state index >= 15 is 0 Å². The molecule has 15 heavy (non-hydrogen) atoms. The zero-order chi connectivity index (χ0) is 11.1. The van der Waals surface area contributed by atoms with Gasteiger partial charge < -0.3 is 5.32 Å². The molecule has 1 rings (SSSR count). The van der Waals surface area contributed by atoms with Crippen LogP contribution in [0.5, 0.6) is 0 Å². The molecule has 0 saturated carbocycles. The van der Waals surface area contributed by atoms with Gasteiger partial charge in [0.15, 0.2) is 0 Å². The van der Waals surface area contributed by atoms with Gasteiger partial charge in [-0.25, -0.2) is 4.98 Å². The first-order valence-electron chi connectivity index (χ1n) is 5.48. The maximum absolute atomic E-state index is 11.3. The van der Waals surface area contributed by atoms with Crippen molar-refractivity contribution < 1.29 is 0 Å². The van der Waals surface area contributed by atoms with Crippen molar-refractivity contribution in [2.45, 2.75) is 39.3 Å². The molecule has 0 fully saturated rings. The van der Waals surface area contributed by atoms with E-state index in [2.05, 4.69) is 24.1 Å². The van der Waals surface area contributed by atoms with Gasteiger partial charge in [-0.15, -0.1) is 0 Å². The first-order chi connectivity index (χ1) is 7.24. The van der Waals surface area contributed by atoms with Gasteiger partial charge in [0.25, 0.3) is 5.56 Å². The molecule has 1 heterocycles. The number of aromatic nitrogens is 2. The van der Waals surface area contributed by atoms with Crippen molar-refractivity contribution in [1.29, 1.82) is 0 Å². The van der Waals surface area contributed by atoms with Gasteiger partial charge in [-0.1, -0.05) is 13.3 Å². The first kappa shape index (κ1) is 11.9. The molecular weight excluding hydrogens is 190 g/mol. The first-order valence-corrected chi connectivity index (χ1v) is 5.48. The molecule has 1 N–H and O–H groups in total. The molecule has 0 aromatic carbocycles. The molecule has 0 amide bonds. The van der Waals surface area contributed by atoms with Crippen LogP contribution in [-0.2, 0) is 6.54 Å². The molecule has 0 radical (unpaired) electrons. The van der Waals surface area contributed by atoms with Crippen LogP contribution < -0.4 is 10.9 Å². The van der Waals surface area contributed by atoms with Crippen LogP contribution in [0.15, 0.2) is 23.4 Å². The average Bonchev–Trinajstić information content (AvgIpc) is 2.21. The lowest BCUT2D eigenvalue weighted by Crippen LogP contribution is -2.31. The molecule has 4 nitrogen and oxygen atoms in total. The fourth-order valence-corrected chi connectivity index (χ4v) is 1.51. The highest BCUT2D eigenvalue weighted by atomic mass is 16.1. The van der Waals surface area contributed by atoms with E-state index < -0.39 is 0 Å². The van der Waals surface area contributed by atoms with Crippen LogP contribution >= 0.6 is 0 Å². The maximum atomic E-state index is 11.3. The lowest BCUT2D eigenvalue weighted by molar-refractivity contribution is 0.480. The van der Waals surface area contributed by atoms with E-state index in [9.17, 15) is 4.79 Å².